The first-order valence-corrected chi connectivity index (χ1v) is 4.74. The Morgan fingerprint density at radius 1 is 1.71 bits per heavy atom. The predicted octanol–water partition coefficient (Wildman–Crippen LogP) is 1.27. The fraction of sp³-hybridized carbons (Fsp3) is 0.500. The van der Waals surface area contributed by atoms with Crippen molar-refractivity contribution in [2.45, 2.75) is 19.4 Å². The summed E-state index contributed by atoms with van der Waals surface area (Å²) in [6.45, 7) is 0.877. The quantitative estimate of drug-likeness (QED) is 0.737. The highest BCUT2D eigenvalue weighted by atomic mass is 16.5. The molecule has 2 rings (SSSR count). The number of nitrogens with two attached hydrogens (primary N) is 1. The van der Waals surface area contributed by atoms with Crippen LogP contribution in [-0.4, -0.2) is 17.6 Å². The van der Waals surface area contributed by atoms with Crippen LogP contribution in [0.2, 0.25) is 0 Å². The summed E-state index contributed by atoms with van der Waals surface area (Å²) in [4.78, 5) is 11.4. The van der Waals surface area contributed by atoms with E-state index in [1.54, 1.807) is 12.3 Å². The normalized spacial score (nSPS) is 15.5. The molecule has 0 atom stereocenters. The molecule has 1 fully saturated rings. The lowest BCUT2D eigenvalue weighted by atomic mass is 10.4. The standard InChI is InChI=1S/C10H14N2O2/c1-14-10(13)9-4-8(11)6-12(9)5-7-2-3-7/h4,6-7H,2-3,5,11H2,1H3. The molecule has 1 aromatic rings. The minimum Gasteiger partial charge on any atom is -0.464 e. The molecule has 2 N–H and O–H groups in total. The Balaban J connectivity index is 2.22. The van der Waals surface area contributed by atoms with E-state index in [4.69, 9.17) is 5.73 Å². The summed E-state index contributed by atoms with van der Waals surface area (Å²) in [6, 6.07) is 1.66. The number of carbonyl (C=O) groups is 1. The van der Waals surface area contributed by atoms with Crippen molar-refractivity contribution in [3.63, 3.8) is 0 Å². The van der Waals surface area contributed by atoms with E-state index in [9.17, 15) is 4.79 Å². The Morgan fingerprint density at radius 3 is 3.00 bits per heavy atom. The maximum atomic E-state index is 11.4. The monoisotopic (exact) mass is 194 g/mol. The number of anilines is 1. The van der Waals surface area contributed by atoms with E-state index in [0.717, 1.165) is 6.54 Å². The number of hydrogen-bond acceptors (Lipinski definition) is 3. The lowest BCUT2D eigenvalue weighted by molar-refractivity contribution is 0.0588. The summed E-state index contributed by atoms with van der Waals surface area (Å²) in [5.74, 6) is 0.396. The van der Waals surface area contributed by atoms with Gasteiger partial charge in [-0.05, 0) is 24.8 Å². The smallest absolute Gasteiger partial charge is 0.354 e. The SMILES string of the molecule is COC(=O)c1cc(N)cn1CC1CC1. The third-order valence-corrected chi connectivity index (χ3v) is 2.46. The summed E-state index contributed by atoms with van der Waals surface area (Å²) in [5.41, 5.74) is 6.81. The summed E-state index contributed by atoms with van der Waals surface area (Å²) < 4.78 is 6.56. The average molecular weight is 194 g/mol. The van der Waals surface area contributed by atoms with Crippen LogP contribution in [-0.2, 0) is 11.3 Å². The van der Waals surface area contributed by atoms with Gasteiger partial charge in [-0.3, -0.25) is 0 Å². The van der Waals surface area contributed by atoms with Crippen molar-refractivity contribution in [1.82, 2.24) is 4.57 Å². The minimum absolute atomic E-state index is 0.317. The van der Waals surface area contributed by atoms with Gasteiger partial charge in [0.1, 0.15) is 5.69 Å². The second kappa shape index (κ2) is 3.36. The second-order valence-corrected chi connectivity index (χ2v) is 3.75. The molecule has 1 aliphatic carbocycles. The highest BCUT2D eigenvalue weighted by Crippen LogP contribution is 2.31. The lowest BCUT2D eigenvalue weighted by Gasteiger charge is -2.05. The molecule has 0 aliphatic heterocycles. The van der Waals surface area contributed by atoms with Gasteiger partial charge in [0.25, 0.3) is 0 Å². The molecule has 4 nitrogen and oxygen atoms in total. The van der Waals surface area contributed by atoms with E-state index >= 15 is 0 Å². The second-order valence-electron chi connectivity index (χ2n) is 3.75. The molecule has 1 aliphatic rings. The molecule has 0 unspecified atom stereocenters. The maximum absolute atomic E-state index is 11.4. The van der Waals surface area contributed by atoms with Crippen LogP contribution in [0.1, 0.15) is 23.3 Å². The molecule has 76 valence electrons. The molecule has 0 amide bonds. The zero-order chi connectivity index (χ0) is 10.1. The topological polar surface area (TPSA) is 57.2 Å². The average Bonchev–Trinajstić information content (AvgIpc) is 2.89. The Labute approximate surface area is 82.6 Å². The first-order chi connectivity index (χ1) is 6.70. The molecule has 1 aromatic heterocycles. The number of nitrogens with zero attached hydrogens (tertiary/aromatic N) is 1. The Bertz CT molecular complexity index is 353. The maximum Gasteiger partial charge on any atom is 0.354 e. The largest absolute Gasteiger partial charge is 0.464 e. The van der Waals surface area contributed by atoms with Gasteiger partial charge in [-0.25, -0.2) is 4.79 Å². The van der Waals surface area contributed by atoms with Crippen LogP contribution in [0.3, 0.4) is 0 Å². The third-order valence-electron chi connectivity index (χ3n) is 2.46. The van der Waals surface area contributed by atoms with Crippen LogP contribution < -0.4 is 5.73 Å². The number of aromatic nitrogens is 1. The van der Waals surface area contributed by atoms with Crippen LogP contribution in [0.5, 0.6) is 0 Å². The first kappa shape index (κ1) is 9.12. The van der Waals surface area contributed by atoms with Crippen molar-refractivity contribution in [3.8, 4) is 0 Å². The fourth-order valence-electron chi connectivity index (χ4n) is 1.54. The number of carbonyl (C=O) groups excluding carboxylic acids is 1. The number of methoxy groups -OCH3 is 1. The van der Waals surface area contributed by atoms with Gasteiger partial charge in [0, 0.05) is 12.7 Å². The third kappa shape index (κ3) is 1.73. The highest BCUT2D eigenvalue weighted by molar-refractivity contribution is 5.88. The van der Waals surface area contributed by atoms with E-state index in [2.05, 4.69) is 4.74 Å². The summed E-state index contributed by atoms with van der Waals surface area (Å²) >= 11 is 0. The van der Waals surface area contributed by atoms with Crippen molar-refractivity contribution in [2.24, 2.45) is 5.92 Å². The van der Waals surface area contributed by atoms with E-state index in [0.29, 0.717) is 17.3 Å². The Kier molecular flexibility index (Phi) is 2.19. The number of esters is 1. The number of hydrogen-bond donors (Lipinski definition) is 1. The van der Waals surface area contributed by atoms with Crippen LogP contribution in [0, 0.1) is 5.92 Å². The lowest BCUT2D eigenvalue weighted by Crippen LogP contribution is -2.10. The molecule has 0 bridgehead atoms. The van der Waals surface area contributed by atoms with Gasteiger partial charge in [0.05, 0.1) is 12.8 Å². The fourth-order valence-corrected chi connectivity index (χ4v) is 1.54. The predicted molar refractivity (Wildman–Crippen MR) is 52.9 cm³/mol. The summed E-state index contributed by atoms with van der Waals surface area (Å²) in [7, 11) is 1.38. The molecule has 0 radical (unpaired) electrons. The molecule has 14 heavy (non-hydrogen) atoms. The molecule has 0 saturated heterocycles. The van der Waals surface area contributed by atoms with Crippen molar-refractivity contribution in [3.05, 3.63) is 18.0 Å². The minimum atomic E-state index is -0.317. The number of nitrogen functional groups attached to an aromatic ring is 1. The van der Waals surface area contributed by atoms with E-state index in [1.807, 2.05) is 4.57 Å². The van der Waals surface area contributed by atoms with Crippen molar-refractivity contribution in [1.29, 1.82) is 0 Å². The van der Waals surface area contributed by atoms with E-state index < -0.39 is 0 Å². The first-order valence-electron chi connectivity index (χ1n) is 4.74. The molecular formula is C10H14N2O2. The van der Waals surface area contributed by atoms with Crippen molar-refractivity contribution < 1.29 is 9.53 Å². The molecule has 4 heteroatoms. The van der Waals surface area contributed by atoms with E-state index in [1.165, 1.54) is 20.0 Å². The van der Waals surface area contributed by atoms with Gasteiger partial charge in [-0.1, -0.05) is 0 Å². The van der Waals surface area contributed by atoms with Crippen molar-refractivity contribution in [2.75, 3.05) is 12.8 Å². The van der Waals surface area contributed by atoms with Crippen molar-refractivity contribution >= 4 is 11.7 Å². The van der Waals surface area contributed by atoms with Gasteiger partial charge in [0.15, 0.2) is 0 Å². The molecule has 0 aromatic carbocycles. The molecular weight excluding hydrogens is 180 g/mol. The summed E-state index contributed by atoms with van der Waals surface area (Å²) in [6.07, 6.45) is 4.29. The molecule has 1 heterocycles. The van der Waals surface area contributed by atoms with Gasteiger partial charge in [-0.2, -0.15) is 0 Å². The Hall–Kier alpha value is -1.45. The summed E-state index contributed by atoms with van der Waals surface area (Å²) in [5, 5.41) is 0. The van der Waals surface area contributed by atoms with Crippen LogP contribution in [0.25, 0.3) is 0 Å². The number of rotatable bonds is 3. The zero-order valence-corrected chi connectivity index (χ0v) is 8.19. The van der Waals surface area contributed by atoms with Gasteiger partial charge in [-0.15, -0.1) is 0 Å². The molecule has 0 spiro atoms. The Morgan fingerprint density at radius 2 is 2.43 bits per heavy atom. The molecule has 1 saturated carbocycles. The van der Waals surface area contributed by atoms with Gasteiger partial charge < -0.3 is 15.0 Å². The zero-order valence-electron chi connectivity index (χ0n) is 8.19. The van der Waals surface area contributed by atoms with Gasteiger partial charge in [0.2, 0.25) is 0 Å². The van der Waals surface area contributed by atoms with Crippen LogP contribution in [0.4, 0.5) is 5.69 Å². The highest BCUT2D eigenvalue weighted by Gasteiger charge is 2.24. The van der Waals surface area contributed by atoms with Crippen LogP contribution in [0.15, 0.2) is 12.3 Å². The number of ether oxygens (including phenoxy) is 1. The van der Waals surface area contributed by atoms with Gasteiger partial charge >= 0.3 is 5.97 Å². The van der Waals surface area contributed by atoms with E-state index in [-0.39, 0.29) is 5.97 Å². The van der Waals surface area contributed by atoms with Crippen LogP contribution >= 0.6 is 0 Å².